The fourth-order valence-electron chi connectivity index (χ4n) is 1.79. The summed E-state index contributed by atoms with van der Waals surface area (Å²) in [6.07, 6.45) is 1.87. The monoisotopic (exact) mass is 307 g/mol. The zero-order valence-corrected chi connectivity index (χ0v) is 11.9. The summed E-state index contributed by atoms with van der Waals surface area (Å²) < 4.78 is 7.13. The van der Waals surface area contributed by atoms with Gasteiger partial charge < -0.3 is 9.30 Å². The van der Waals surface area contributed by atoms with Crippen LogP contribution in [0.3, 0.4) is 0 Å². The highest BCUT2D eigenvalue weighted by Crippen LogP contribution is 2.16. The Bertz CT molecular complexity index is 602. The van der Waals surface area contributed by atoms with Gasteiger partial charge in [-0.25, -0.2) is 0 Å². The minimum atomic E-state index is 0.0640. The molecule has 0 saturated carbocycles. The van der Waals surface area contributed by atoms with E-state index in [9.17, 15) is 4.79 Å². The van der Waals surface area contributed by atoms with Gasteiger partial charge in [0.25, 0.3) is 0 Å². The van der Waals surface area contributed by atoms with Crippen LogP contribution in [0.4, 0.5) is 0 Å². The zero-order chi connectivity index (χ0) is 13.1. The van der Waals surface area contributed by atoms with Gasteiger partial charge in [-0.3, -0.25) is 4.79 Å². The second-order valence-electron chi connectivity index (χ2n) is 4.01. The van der Waals surface area contributed by atoms with Crippen LogP contribution < -0.4 is 10.2 Å². The van der Waals surface area contributed by atoms with E-state index in [-0.39, 0.29) is 5.43 Å². The molecule has 4 heteroatoms. The largest absolute Gasteiger partial charge is 0.497 e. The lowest BCUT2D eigenvalue weighted by atomic mass is 10.2. The number of aromatic nitrogens is 1. The van der Waals surface area contributed by atoms with Crippen LogP contribution in [0, 0.1) is 6.92 Å². The number of halogens is 1. The molecule has 0 aliphatic heterocycles. The van der Waals surface area contributed by atoms with E-state index in [1.807, 2.05) is 42.0 Å². The Hall–Kier alpha value is -1.55. The Morgan fingerprint density at radius 2 is 1.94 bits per heavy atom. The van der Waals surface area contributed by atoms with Gasteiger partial charge >= 0.3 is 0 Å². The Balaban J connectivity index is 2.52. The first-order valence-corrected chi connectivity index (χ1v) is 6.70. The number of rotatable bonds is 3. The summed E-state index contributed by atoms with van der Waals surface area (Å²) in [5, 5.41) is 0.558. The van der Waals surface area contributed by atoms with Crippen molar-refractivity contribution in [3.05, 3.63) is 58.0 Å². The van der Waals surface area contributed by atoms with Crippen molar-refractivity contribution in [2.24, 2.45) is 0 Å². The van der Waals surface area contributed by atoms with Crippen LogP contribution in [0.2, 0.25) is 0 Å². The highest BCUT2D eigenvalue weighted by atomic mass is 79.9. The molecule has 0 aliphatic carbocycles. The lowest BCUT2D eigenvalue weighted by Gasteiger charge is -2.12. The molecule has 1 heterocycles. The quantitative estimate of drug-likeness (QED) is 0.816. The van der Waals surface area contributed by atoms with Crippen LogP contribution in [0.1, 0.15) is 11.3 Å². The number of methoxy groups -OCH3 is 1. The molecule has 2 rings (SSSR count). The SMILES string of the molecule is COc1ccc(-n2cc(CBr)c(=O)cc2C)cc1. The second-order valence-corrected chi connectivity index (χ2v) is 4.57. The molecule has 94 valence electrons. The van der Waals surface area contributed by atoms with E-state index in [2.05, 4.69) is 15.9 Å². The van der Waals surface area contributed by atoms with Crippen LogP contribution in [-0.4, -0.2) is 11.7 Å². The van der Waals surface area contributed by atoms with Gasteiger partial charge in [0.15, 0.2) is 5.43 Å². The minimum absolute atomic E-state index is 0.0640. The fraction of sp³-hybridized carbons (Fsp3) is 0.214. The van der Waals surface area contributed by atoms with Crippen molar-refractivity contribution in [3.8, 4) is 11.4 Å². The number of hydrogen-bond donors (Lipinski definition) is 0. The molecule has 3 nitrogen and oxygen atoms in total. The number of nitrogens with zero attached hydrogens (tertiary/aromatic N) is 1. The Morgan fingerprint density at radius 3 is 2.50 bits per heavy atom. The van der Waals surface area contributed by atoms with Crippen LogP contribution in [-0.2, 0) is 5.33 Å². The van der Waals surface area contributed by atoms with Crippen molar-refractivity contribution in [2.45, 2.75) is 12.3 Å². The van der Waals surface area contributed by atoms with Gasteiger partial charge in [-0.15, -0.1) is 0 Å². The highest BCUT2D eigenvalue weighted by molar-refractivity contribution is 9.08. The minimum Gasteiger partial charge on any atom is -0.497 e. The van der Waals surface area contributed by atoms with Gasteiger partial charge in [0.05, 0.1) is 7.11 Å². The molecule has 2 aromatic rings. The lowest BCUT2D eigenvalue weighted by molar-refractivity contribution is 0.414. The molecule has 0 atom stereocenters. The summed E-state index contributed by atoms with van der Waals surface area (Å²) in [7, 11) is 1.64. The van der Waals surface area contributed by atoms with Crippen molar-refractivity contribution >= 4 is 15.9 Å². The highest BCUT2D eigenvalue weighted by Gasteiger charge is 2.04. The van der Waals surface area contributed by atoms with Gasteiger partial charge in [0.1, 0.15) is 5.75 Å². The third-order valence-corrected chi connectivity index (χ3v) is 3.42. The van der Waals surface area contributed by atoms with E-state index in [4.69, 9.17) is 4.74 Å². The van der Waals surface area contributed by atoms with Gasteiger partial charge in [-0.05, 0) is 31.2 Å². The van der Waals surface area contributed by atoms with E-state index >= 15 is 0 Å². The third-order valence-electron chi connectivity index (χ3n) is 2.82. The Labute approximate surface area is 114 Å². The molecule has 1 aromatic heterocycles. The summed E-state index contributed by atoms with van der Waals surface area (Å²) in [5.41, 5.74) is 2.73. The van der Waals surface area contributed by atoms with Crippen LogP contribution in [0.25, 0.3) is 5.69 Å². The smallest absolute Gasteiger partial charge is 0.185 e. The van der Waals surface area contributed by atoms with Crippen molar-refractivity contribution < 1.29 is 4.74 Å². The third kappa shape index (κ3) is 2.48. The summed E-state index contributed by atoms with van der Waals surface area (Å²) >= 11 is 3.33. The predicted octanol–water partition coefficient (Wildman–Crippen LogP) is 3.05. The van der Waals surface area contributed by atoms with Gasteiger partial charge in [-0.2, -0.15) is 0 Å². The number of alkyl halides is 1. The summed E-state index contributed by atoms with van der Waals surface area (Å²) in [4.78, 5) is 11.7. The van der Waals surface area contributed by atoms with Crippen LogP contribution in [0.5, 0.6) is 5.75 Å². The summed E-state index contributed by atoms with van der Waals surface area (Å²) in [5.74, 6) is 0.818. The van der Waals surface area contributed by atoms with Crippen molar-refractivity contribution in [2.75, 3.05) is 7.11 Å². The molecule has 1 aromatic carbocycles. The van der Waals surface area contributed by atoms with Gasteiger partial charge in [0, 0.05) is 34.5 Å². The van der Waals surface area contributed by atoms with Crippen LogP contribution in [0.15, 0.2) is 41.3 Å². The number of pyridine rings is 1. The van der Waals surface area contributed by atoms with E-state index in [1.54, 1.807) is 13.2 Å². The molecule has 0 aliphatic rings. The number of hydrogen-bond acceptors (Lipinski definition) is 2. The first-order valence-electron chi connectivity index (χ1n) is 5.58. The Kier molecular flexibility index (Phi) is 3.87. The Morgan fingerprint density at radius 1 is 1.28 bits per heavy atom. The van der Waals surface area contributed by atoms with Crippen molar-refractivity contribution in [1.29, 1.82) is 0 Å². The fourth-order valence-corrected chi connectivity index (χ4v) is 2.22. The lowest BCUT2D eigenvalue weighted by Crippen LogP contribution is -2.12. The van der Waals surface area contributed by atoms with E-state index in [1.165, 1.54) is 0 Å². The molecular formula is C14H14BrNO2. The number of ether oxygens (including phenoxy) is 1. The van der Waals surface area contributed by atoms with E-state index in [0.29, 0.717) is 5.33 Å². The average Bonchev–Trinajstić information content (AvgIpc) is 2.39. The average molecular weight is 308 g/mol. The maximum Gasteiger partial charge on any atom is 0.185 e. The van der Waals surface area contributed by atoms with Crippen molar-refractivity contribution in [3.63, 3.8) is 0 Å². The standard InChI is InChI=1S/C14H14BrNO2/c1-10-7-14(17)11(8-15)9-16(10)12-3-5-13(18-2)6-4-12/h3-7,9H,8H2,1-2H3. The maximum atomic E-state index is 11.7. The molecular weight excluding hydrogens is 294 g/mol. The van der Waals surface area contributed by atoms with E-state index in [0.717, 1.165) is 22.7 Å². The molecule has 0 N–H and O–H groups in total. The van der Waals surface area contributed by atoms with Gasteiger partial charge in [-0.1, -0.05) is 15.9 Å². The molecule has 0 saturated heterocycles. The number of aryl methyl sites for hydroxylation is 1. The molecule has 18 heavy (non-hydrogen) atoms. The zero-order valence-electron chi connectivity index (χ0n) is 10.3. The normalized spacial score (nSPS) is 10.4. The molecule has 0 bridgehead atoms. The van der Waals surface area contributed by atoms with Crippen LogP contribution >= 0.6 is 15.9 Å². The molecule has 0 unspecified atom stereocenters. The molecule has 0 fully saturated rings. The van der Waals surface area contributed by atoms with E-state index < -0.39 is 0 Å². The molecule has 0 radical (unpaired) electrons. The summed E-state index contributed by atoms with van der Waals surface area (Å²) in [6, 6.07) is 9.39. The number of benzene rings is 1. The molecule has 0 spiro atoms. The second kappa shape index (κ2) is 5.40. The van der Waals surface area contributed by atoms with Crippen molar-refractivity contribution in [1.82, 2.24) is 4.57 Å². The molecule has 0 amide bonds. The van der Waals surface area contributed by atoms with Gasteiger partial charge in [0.2, 0.25) is 0 Å². The maximum absolute atomic E-state index is 11.7. The first-order chi connectivity index (χ1) is 8.65. The first kappa shape index (κ1) is 12.9. The topological polar surface area (TPSA) is 31.2 Å². The predicted molar refractivity (Wildman–Crippen MR) is 76.0 cm³/mol. The summed E-state index contributed by atoms with van der Waals surface area (Å²) in [6.45, 7) is 1.92.